The van der Waals surface area contributed by atoms with Gasteiger partial charge in [0.05, 0.1) is 16.9 Å². The fourth-order valence-electron chi connectivity index (χ4n) is 1.72. The molecule has 0 saturated carbocycles. The summed E-state index contributed by atoms with van der Waals surface area (Å²) in [6.45, 7) is 4.66. The molecule has 1 heterocycles. The first-order valence-corrected chi connectivity index (χ1v) is 7.20. The van der Waals surface area contributed by atoms with Crippen molar-refractivity contribution in [2.75, 3.05) is 13.1 Å². The van der Waals surface area contributed by atoms with E-state index in [9.17, 15) is 9.59 Å². The molecule has 0 fully saturated rings. The van der Waals surface area contributed by atoms with Crippen LogP contribution in [0.1, 0.15) is 36.4 Å². The van der Waals surface area contributed by atoms with Crippen molar-refractivity contribution in [2.24, 2.45) is 5.92 Å². The number of ketones is 1. The van der Waals surface area contributed by atoms with Gasteiger partial charge in [0.2, 0.25) is 5.91 Å². The summed E-state index contributed by atoms with van der Waals surface area (Å²) in [6.07, 6.45) is 0.444. The van der Waals surface area contributed by atoms with Crippen LogP contribution < -0.4 is 0 Å². The van der Waals surface area contributed by atoms with Crippen molar-refractivity contribution in [1.29, 1.82) is 5.26 Å². The van der Waals surface area contributed by atoms with Crippen LogP contribution in [0.25, 0.3) is 0 Å². The number of thiophene rings is 1. The highest BCUT2D eigenvalue weighted by Crippen LogP contribution is 2.13. The van der Waals surface area contributed by atoms with Crippen LogP contribution in [0.3, 0.4) is 0 Å². The van der Waals surface area contributed by atoms with Gasteiger partial charge in [-0.3, -0.25) is 9.59 Å². The van der Waals surface area contributed by atoms with E-state index >= 15 is 0 Å². The Balaban J connectivity index is 2.45. The van der Waals surface area contributed by atoms with Crippen molar-refractivity contribution >= 4 is 23.0 Å². The fraction of sp³-hybridized carbons (Fsp3) is 0.500. The van der Waals surface area contributed by atoms with Crippen molar-refractivity contribution in [3.63, 3.8) is 0 Å². The molecule has 0 bridgehead atoms. The molecule has 19 heavy (non-hydrogen) atoms. The van der Waals surface area contributed by atoms with Gasteiger partial charge in [-0.2, -0.15) is 5.26 Å². The van der Waals surface area contributed by atoms with Crippen molar-refractivity contribution < 1.29 is 9.59 Å². The molecule has 1 rings (SSSR count). The minimum atomic E-state index is -0.183. The minimum absolute atomic E-state index is 0.00716. The Morgan fingerprint density at radius 3 is 2.74 bits per heavy atom. The summed E-state index contributed by atoms with van der Waals surface area (Å²) < 4.78 is 0. The summed E-state index contributed by atoms with van der Waals surface area (Å²) in [5.74, 6) is -0.237. The van der Waals surface area contributed by atoms with Gasteiger partial charge in [0, 0.05) is 25.9 Å². The first-order valence-electron chi connectivity index (χ1n) is 6.32. The fourth-order valence-corrected chi connectivity index (χ4v) is 2.41. The van der Waals surface area contributed by atoms with Crippen LogP contribution in [0.2, 0.25) is 0 Å². The zero-order valence-electron chi connectivity index (χ0n) is 11.3. The smallest absolute Gasteiger partial charge is 0.223 e. The van der Waals surface area contributed by atoms with Gasteiger partial charge in [0.15, 0.2) is 5.78 Å². The number of Topliss-reactive ketones (excluding diaryl/α,β-unsaturated/α-hetero) is 1. The normalized spacial score (nSPS) is 11.6. The summed E-state index contributed by atoms with van der Waals surface area (Å²) in [4.78, 5) is 26.1. The summed E-state index contributed by atoms with van der Waals surface area (Å²) in [5.41, 5.74) is 0. The lowest BCUT2D eigenvalue weighted by Gasteiger charge is -2.21. The third kappa shape index (κ3) is 4.84. The molecule has 0 aliphatic rings. The molecule has 1 amide bonds. The molecule has 5 heteroatoms. The molecule has 1 aromatic rings. The Bertz CT molecular complexity index is 462. The highest BCUT2D eigenvalue weighted by Gasteiger charge is 2.16. The van der Waals surface area contributed by atoms with Gasteiger partial charge in [0.25, 0.3) is 0 Å². The number of rotatable bonds is 7. The van der Waals surface area contributed by atoms with Gasteiger partial charge >= 0.3 is 0 Å². The van der Waals surface area contributed by atoms with Crippen LogP contribution in [0.15, 0.2) is 17.5 Å². The number of carbonyl (C=O) groups is 2. The Morgan fingerprint density at radius 2 is 2.21 bits per heavy atom. The SMILES string of the molecule is CCN(C[C@H](C)C#N)C(=O)CCC(=O)c1cccs1. The second kappa shape index (κ2) is 7.70. The predicted octanol–water partition coefficient (Wildman–Crippen LogP) is 2.72. The van der Waals surface area contributed by atoms with Crippen LogP contribution in [-0.4, -0.2) is 29.7 Å². The number of hydrogen-bond acceptors (Lipinski definition) is 4. The van der Waals surface area contributed by atoms with E-state index in [0.29, 0.717) is 18.0 Å². The van der Waals surface area contributed by atoms with E-state index in [-0.39, 0.29) is 30.4 Å². The van der Waals surface area contributed by atoms with E-state index in [2.05, 4.69) is 6.07 Å². The van der Waals surface area contributed by atoms with Gasteiger partial charge in [-0.25, -0.2) is 0 Å². The summed E-state index contributed by atoms with van der Waals surface area (Å²) >= 11 is 1.39. The maximum atomic E-state index is 12.0. The third-order valence-corrected chi connectivity index (χ3v) is 3.72. The molecule has 0 aromatic carbocycles. The van der Waals surface area contributed by atoms with Gasteiger partial charge < -0.3 is 4.90 Å². The Morgan fingerprint density at radius 1 is 1.47 bits per heavy atom. The van der Waals surface area contributed by atoms with E-state index in [1.807, 2.05) is 18.4 Å². The molecule has 1 atom stereocenters. The first kappa shape index (κ1) is 15.4. The Hall–Kier alpha value is -1.67. The van der Waals surface area contributed by atoms with Gasteiger partial charge in [-0.1, -0.05) is 6.07 Å². The van der Waals surface area contributed by atoms with E-state index in [4.69, 9.17) is 5.26 Å². The van der Waals surface area contributed by atoms with Crippen molar-refractivity contribution in [2.45, 2.75) is 26.7 Å². The summed E-state index contributed by atoms with van der Waals surface area (Å²) in [5, 5.41) is 10.6. The first-order chi connectivity index (χ1) is 9.08. The molecule has 0 aliphatic carbocycles. The van der Waals surface area contributed by atoms with Gasteiger partial charge in [0.1, 0.15) is 0 Å². The van der Waals surface area contributed by atoms with Crippen LogP contribution in [0.5, 0.6) is 0 Å². The molecule has 0 N–H and O–H groups in total. The number of nitriles is 1. The van der Waals surface area contributed by atoms with Gasteiger partial charge in [-0.15, -0.1) is 11.3 Å². The number of nitrogens with zero attached hydrogens (tertiary/aromatic N) is 2. The Kier molecular flexibility index (Phi) is 6.23. The largest absolute Gasteiger partial charge is 0.342 e. The highest BCUT2D eigenvalue weighted by molar-refractivity contribution is 7.12. The van der Waals surface area contributed by atoms with Crippen LogP contribution in [0, 0.1) is 17.2 Å². The average Bonchev–Trinajstić information content (AvgIpc) is 2.95. The maximum Gasteiger partial charge on any atom is 0.223 e. The second-order valence-electron chi connectivity index (χ2n) is 4.36. The number of amides is 1. The third-order valence-electron chi connectivity index (χ3n) is 2.81. The molecular formula is C14H18N2O2S. The molecule has 0 aliphatic heterocycles. The molecule has 0 unspecified atom stereocenters. The van der Waals surface area contributed by atoms with Crippen molar-refractivity contribution in [3.8, 4) is 6.07 Å². The van der Waals surface area contributed by atoms with E-state index in [0.717, 1.165) is 0 Å². The zero-order valence-corrected chi connectivity index (χ0v) is 12.1. The lowest BCUT2D eigenvalue weighted by Crippen LogP contribution is -2.34. The number of hydrogen-bond donors (Lipinski definition) is 0. The molecule has 0 saturated heterocycles. The van der Waals surface area contributed by atoms with Crippen molar-refractivity contribution in [3.05, 3.63) is 22.4 Å². The van der Waals surface area contributed by atoms with E-state index in [1.165, 1.54) is 11.3 Å². The lowest BCUT2D eigenvalue weighted by molar-refractivity contribution is -0.131. The Labute approximate surface area is 117 Å². The second-order valence-corrected chi connectivity index (χ2v) is 5.31. The zero-order chi connectivity index (χ0) is 14.3. The van der Waals surface area contributed by atoms with Crippen LogP contribution >= 0.6 is 11.3 Å². The van der Waals surface area contributed by atoms with Gasteiger partial charge in [-0.05, 0) is 25.3 Å². The number of carbonyl (C=O) groups excluding carboxylic acids is 2. The molecule has 102 valence electrons. The minimum Gasteiger partial charge on any atom is -0.342 e. The summed E-state index contributed by atoms with van der Waals surface area (Å²) in [7, 11) is 0. The average molecular weight is 278 g/mol. The molecule has 1 aromatic heterocycles. The highest BCUT2D eigenvalue weighted by atomic mass is 32.1. The lowest BCUT2D eigenvalue weighted by atomic mass is 10.1. The summed E-state index contributed by atoms with van der Waals surface area (Å²) in [6, 6.07) is 5.71. The quantitative estimate of drug-likeness (QED) is 0.720. The maximum absolute atomic E-state index is 12.0. The molecular weight excluding hydrogens is 260 g/mol. The molecule has 4 nitrogen and oxygen atoms in total. The predicted molar refractivity (Wildman–Crippen MR) is 74.9 cm³/mol. The molecule has 0 spiro atoms. The molecule has 0 radical (unpaired) electrons. The van der Waals surface area contributed by atoms with Crippen molar-refractivity contribution in [1.82, 2.24) is 4.90 Å². The standard InChI is InChI=1S/C14H18N2O2S/c1-3-16(10-11(2)9-15)14(18)7-6-12(17)13-5-4-8-19-13/h4-5,8,11H,3,6-7,10H2,1-2H3/t11-/m1/s1. The topological polar surface area (TPSA) is 61.2 Å². The van der Waals surface area contributed by atoms with Crippen LogP contribution in [-0.2, 0) is 4.79 Å². The van der Waals surface area contributed by atoms with E-state index in [1.54, 1.807) is 17.9 Å². The van der Waals surface area contributed by atoms with E-state index < -0.39 is 0 Å². The van der Waals surface area contributed by atoms with Crippen LogP contribution in [0.4, 0.5) is 0 Å². The monoisotopic (exact) mass is 278 g/mol.